The lowest BCUT2D eigenvalue weighted by atomic mass is 9.92. The van der Waals surface area contributed by atoms with Gasteiger partial charge >= 0.3 is 6.09 Å². The summed E-state index contributed by atoms with van der Waals surface area (Å²) >= 11 is 0. The molecule has 0 aliphatic carbocycles. The first kappa shape index (κ1) is 32.0. The van der Waals surface area contributed by atoms with E-state index >= 15 is 0 Å². The first-order valence-corrected chi connectivity index (χ1v) is 13.5. The van der Waals surface area contributed by atoms with Gasteiger partial charge < -0.3 is 20.3 Å². The van der Waals surface area contributed by atoms with Crippen LogP contribution in [-0.2, 0) is 14.3 Å². The van der Waals surface area contributed by atoms with Gasteiger partial charge in [-0.15, -0.1) is 6.42 Å². The van der Waals surface area contributed by atoms with Crippen LogP contribution in [0.2, 0.25) is 0 Å². The Hall–Kier alpha value is -3.01. The Kier molecular flexibility index (Phi) is 12.7. The van der Waals surface area contributed by atoms with Gasteiger partial charge in [-0.3, -0.25) is 9.59 Å². The van der Waals surface area contributed by atoms with E-state index in [4.69, 9.17) is 11.2 Å². The van der Waals surface area contributed by atoms with E-state index in [-0.39, 0.29) is 29.8 Å². The summed E-state index contributed by atoms with van der Waals surface area (Å²) in [4.78, 5) is 42.5. The molecular formula is C30H47N3O4. The minimum absolute atomic E-state index is 0.0721. The first-order valence-electron chi connectivity index (χ1n) is 13.5. The normalized spacial score (nSPS) is 15.4. The topological polar surface area (TPSA) is 87.7 Å². The lowest BCUT2D eigenvalue weighted by Gasteiger charge is -2.40. The summed E-state index contributed by atoms with van der Waals surface area (Å²) in [6.07, 6.45) is 8.12. The zero-order valence-electron chi connectivity index (χ0n) is 24.2. The van der Waals surface area contributed by atoms with Gasteiger partial charge in [-0.25, -0.2) is 4.79 Å². The highest BCUT2D eigenvalue weighted by atomic mass is 16.6. The Bertz CT molecular complexity index is 947. The van der Waals surface area contributed by atoms with E-state index < -0.39 is 23.8 Å². The molecule has 0 spiro atoms. The molecule has 0 saturated carbocycles. The summed E-state index contributed by atoms with van der Waals surface area (Å²) in [5.41, 5.74) is 0.416. The lowest BCUT2D eigenvalue weighted by Crippen LogP contribution is -2.57. The lowest BCUT2D eigenvalue weighted by molar-refractivity contribution is -0.146. The van der Waals surface area contributed by atoms with Crippen molar-refractivity contribution in [2.75, 3.05) is 0 Å². The number of terminal acetylenes is 1. The smallest absolute Gasteiger partial charge is 0.408 e. The van der Waals surface area contributed by atoms with E-state index in [1.807, 2.05) is 46.8 Å². The largest absolute Gasteiger partial charge is 0.444 e. The summed E-state index contributed by atoms with van der Waals surface area (Å²) in [5, 5.41) is 5.88. The van der Waals surface area contributed by atoms with Crippen molar-refractivity contribution in [3.63, 3.8) is 0 Å². The molecule has 2 N–H and O–H groups in total. The van der Waals surface area contributed by atoms with Crippen LogP contribution >= 0.6 is 0 Å². The maximum atomic E-state index is 14.3. The summed E-state index contributed by atoms with van der Waals surface area (Å²) < 4.78 is 5.46. The molecule has 37 heavy (non-hydrogen) atoms. The van der Waals surface area contributed by atoms with Crippen LogP contribution in [0.5, 0.6) is 0 Å². The van der Waals surface area contributed by atoms with Crippen LogP contribution in [0.4, 0.5) is 4.79 Å². The average Bonchev–Trinajstić information content (AvgIpc) is 2.83. The Morgan fingerprint density at radius 3 is 2.16 bits per heavy atom. The highest BCUT2D eigenvalue weighted by Gasteiger charge is 2.40. The number of nitrogens with zero attached hydrogens (tertiary/aromatic N) is 1. The van der Waals surface area contributed by atoms with E-state index in [1.54, 1.807) is 37.8 Å². The van der Waals surface area contributed by atoms with Crippen molar-refractivity contribution >= 4 is 17.9 Å². The van der Waals surface area contributed by atoms with Gasteiger partial charge in [0.1, 0.15) is 17.7 Å². The standard InChI is InChI=1S/C30H47N3O4/c1-11-17-21(6)31-27(34)26(24-19-16-15-18-23(24)14-4)33(22(7)13-3)28(35)25(20(5)12-2)32-29(36)37-30(8,9)10/h4,15-16,18-22,25-26H,11-13,17H2,1-3,5-10H3,(H,31,34)(H,32,36). The maximum Gasteiger partial charge on any atom is 0.408 e. The molecule has 0 fully saturated rings. The Balaban J connectivity index is 3.66. The summed E-state index contributed by atoms with van der Waals surface area (Å²) in [5.74, 6) is 1.84. The molecule has 0 aliphatic rings. The molecule has 0 bridgehead atoms. The molecule has 5 unspecified atom stereocenters. The summed E-state index contributed by atoms with van der Waals surface area (Å²) in [6, 6.07) is 4.99. The number of alkyl carbamates (subject to hydrolysis) is 1. The monoisotopic (exact) mass is 513 g/mol. The number of nitrogens with one attached hydrogen (secondary N) is 2. The summed E-state index contributed by atoms with van der Waals surface area (Å²) in [7, 11) is 0. The molecule has 0 heterocycles. The summed E-state index contributed by atoms with van der Waals surface area (Å²) in [6.45, 7) is 17.1. The van der Waals surface area contributed by atoms with Crippen LogP contribution < -0.4 is 10.6 Å². The molecule has 206 valence electrons. The quantitative estimate of drug-likeness (QED) is 0.357. The number of benzene rings is 1. The number of amides is 3. The molecule has 0 saturated heterocycles. The van der Waals surface area contributed by atoms with Crippen LogP contribution in [0.25, 0.3) is 0 Å². The minimum Gasteiger partial charge on any atom is -0.444 e. The zero-order valence-corrected chi connectivity index (χ0v) is 24.2. The highest BCUT2D eigenvalue weighted by molar-refractivity contribution is 5.93. The molecule has 3 amide bonds. The molecule has 1 aromatic carbocycles. The molecule has 5 atom stereocenters. The van der Waals surface area contributed by atoms with E-state index in [2.05, 4.69) is 23.5 Å². The van der Waals surface area contributed by atoms with E-state index in [0.29, 0.717) is 24.0 Å². The third kappa shape index (κ3) is 9.42. The number of rotatable bonds is 12. The third-order valence-electron chi connectivity index (χ3n) is 6.52. The van der Waals surface area contributed by atoms with Crippen molar-refractivity contribution in [1.82, 2.24) is 15.5 Å². The SMILES string of the molecule is C#Cc1ccccc1C(C(=O)NC(C)CCC)N(C(=O)C(NC(=O)OC(C)(C)C)C(C)CC)C(C)CC. The number of carbonyl (C=O) groups excluding carboxylic acids is 3. The fraction of sp³-hybridized carbons (Fsp3) is 0.633. The van der Waals surface area contributed by atoms with Crippen molar-refractivity contribution < 1.29 is 19.1 Å². The van der Waals surface area contributed by atoms with E-state index in [1.165, 1.54) is 0 Å². The number of ether oxygens (including phenoxy) is 1. The van der Waals surface area contributed by atoms with Gasteiger partial charge in [0.2, 0.25) is 11.8 Å². The maximum absolute atomic E-state index is 14.3. The third-order valence-corrected chi connectivity index (χ3v) is 6.52. The highest BCUT2D eigenvalue weighted by Crippen LogP contribution is 2.30. The number of carbonyl (C=O) groups is 3. The van der Waals surface area contributed by atoms with Gasteiger partial charge in [0.05, 0.1) is 0 Å². The molecule has 0 aliphatic heterocycles. The van der Waals surface area contributed by atoms with Crippen LogP contribution in [0, 0.1) is 18.3 Å². The Labute approximate surface area is 224 Å². The van der Waals surface area contributed by atoms with Crippen molar-refractivity contribution in [3.8, 4) is 12.3 Å². The number of hydrogen-bond acceptors (Lipinski definition) is 4. The average molecular weight is 514 g/mol. The fourth-order valence-electron chi connectivity index (χ4n) is 4.19. The second-order valence-electron chi connectivity index (χ2n) is 10.8. The zero-order chi connectivity index (χ0) is 28.3. The van der Waals surface area contributed by atoms with Gasteiger partial charge in [-0.05, 0) is 65.0 Å². The van der Waals surface area contributed by atoms with Crippen molar-refractivity contribution in [1.29, 1.82) is 0 Å². The van der Waals surface area contributed by atoms with Crippen molar-refractivity contribution in [3.05, 3.63) is 35.4 Å². The fourth-order valence-corrected chi connectivity index (χ4v) is 4.19. The minimum atomic E-state index is -0.957. The molecule has 7 heteroatoms. The predicted molar refractivity (Wildman–Crippen MR) is 149 cm³/mol. The van der Waals surface area contributed by atoms with Gasteiger partial charge in [0.15, 0.2) is 0 Å². The molecular weight excluding hydrogens is 466 g/mol. The molecule has 0 aromatic heterocycles. The first-order chi connectivity index (χ1) is 17.3. The molecule has 1 rings (SSSR count). The van der Waals surface area contributed by atoms with Gasteiger partial charge in [0, 0.05) is 17.6 Å². The predicted octanol–water partition coefficient (Wildman–Crippen LogP) is 5.58. The van der Waals surface area contributed by atoms with Crippen LogP contribution in [0.15, 0.2) is 24.3 Å². The molecule has 7 nitrogen and oxygen atoms in total. The second-order valence-corrected chi connectivity index (χ2v) is 10.8. The van der Waals surface area contributed by atoms with Crippen LogP contribution in [0.1, 0.15) is 105 Å². The van der Waals surface area contributed by atoms with Gasteiger partial charge in [-0.1, -0.05) is 64.7 Å². The van der Waals surface area contributed by atoms with Crippen LogP contribution in [0.3, 0.4) is 0 Å². The molecule has 0 radical (unpaired) electrons. The van der Waals surface area contributed by atoms with Crippen LogP contribution in [-0.4, -0.2) is 46.5 Å². The van der Waals surface area contributed by atoms with Gasteiger partial charge in [0.25, 0.3) is 0 Å². The van der Waals surface area contributed by atoms with E-state index in [0.717, 1.165) is 12.8 Å². The Morgan fingerprint density at radius 2 is 1.65 bits per heavy atom. The number of hydrogen-bond donors (Lipinski definition) is 2. The van der Waals surface area contributed by atoms with Crippen molar-refractivity contribution in [2.24, 2.45) is 5.92 Å². The van der Waals surface area contributed by atoms with Crippen molar-refractivity contribution in [2.45, 2.75) is 118 Å². The van der Waals surface area contributed by atoms with E-state index in [9.17, 15) is 14.4 Å². The Morgan fingerprint density at radius 1 is 1.03 bits per heavy atom. The second kappa shape index (κ2) is 14.7. The molecule has 1 aromatic rings. The van der Waals surface area contributed by atoms with Gasteiger partial charge in [-0.2, -0.15) is 0 Å².